The van der Waals surface area contributed by atoms with Gasteiger partial charge in [-0.25, -0.2) is 0 Å². The molecule has 25 heavy (non-hydrogen) atoms. The molecule has 4 heteroatoms. The van der Waals surface area contributed by atoms with Crippen molar-refractivity contribution in [2.45, 2.75) is 77.9 Å². The van der Waals surface area contributed by atoms with Crippen molar-refractivity contribution in [3.05, 3.63) is 11.6 Å². The Bertz CT molecular complexity index is 517. The van der Waals surface area contributed by atoms with Gasteiger partial charge in [0.05, 0.1) is 12.0 Å². The molecule has 142 valence electrons. The SMILES string of the molecule is CCCCCCNC[C@@H]1C(=O)O[C@H]2CC3=CCC[C@@H](C)[C@]3(C)[C@@H](O)[C@@H]21. The van der Waals surface area contributed by atoms with E-state index >= 15 is 0 Å². The minimum Gasteiger partial charge on any atom is -0.461 e. The van der Waals surface area contributed by atoms with Crippen LogP contribution in [-0.4, -0.2) is 36.4 Å². The number of carbonyl (C=O) groups is 1. The standard InChI is InChI=1S/C21H35NO3/c1-4-5-6-7-11-22-13-16-18-17(25-20(16)24)12-15-10-8-9-14(2)21(15,3)19(18)23/h10,14,16-19,22-23H,4-9,11-13H2,1-3H3/t14-,16+,17+,18-,19+,21+/m1/s1. The topological polar surface area (TPSA) is 58.6 Å². The molecule has 0 aromatic rings. The zero-order valence-corrected chi connectivity index (χ0v) is 16.1. The molecule has 2 aliphatic carbocycles. The number of fused-ring (bicyclic) bond motifs is 2. The van der Waals surface area contributed by atoms with Gasteiger partial charge in [0, 0.05) is 24.3 Å². The number of carbonyl (C=O) groups excluding carboxylic acids is 1. The molecule has 0 aromatic carbocycles. The van der Waals surface area contributed by atoms with E-state index in [1.54, 1.807) is 0 Å². The van der Waals surface area contributed by atoms with E-state index in [1.165, 1.54) is 24.8 Å². The van der Waals surface area contributed by atoms with Crippen LogP contribution in [0.4, 0.5) is 0 Å². The summed E-state index contributed by atoms with van der Waals surface area (Å²) >= 11 is 0. The van der Waals surface area contributed by atoms with Crippen molar-refractivity contribution < 1.29 is 14.6 Å². The van der Waals surface area contributed by atoms with Gasteiger partial charge in [-0.3, -0.25) is 4.79 Å². The number of nitrogens with one attached hydrogen (secondary N) is 1. The van der Waals surface area contributed by atoms with E-state index in [9.17, 15) is 9.90 Å². The maximum atomic E-state index is 12.5. The number of allylic oxidation sites excluding steroid dienone is 1. The molecule has 0 amide bonds. The van der Waals surface area contributed by atoms with Crippen LogP contribution in [-0.2, 0) is 9.53 Å². The maximum absolute atomic E-state index is 12.5. The number of rotatable bonds is 7. The van der Waals surface area contributed by atoms with Crippen LogP contribution >= 0.6 is 0 Å². The average molecular weight is 350 g/mol. The summed E-state index contributed by atoms with van der Waals surface area (Å²) < 4.78 is 5.69. The molecule has 4 nitrogen and oxygen atoms in total. The van der Waals surface area contributed by atoms with Crippen molar-refractivity contribution in [3.63, 3.8) is 0 Å². The molecule has 0 aromatic heterocycles. The molecule has 2 N–H and O–H groups in total. The van der Waals surface area contributed by atoms with Crippen molar-refractivity contribution >= 4 is 5.97 Å². The van der Waals surface area contributed by atoms with Crippen LogP contribution in [0.25, 0.3) is 0 Å². The Hall–Kier alpha value is -0.870. The van der Waals surface area contributed by atoms with E-state index in [2.05, 4.69) is 32.2 Å². The van der Waals surface area contributed by atoms with E-state index in [1.807, 2.05) is 0 Å². The van der Waals surface area contributed by atoms with Gasteiger partial charge in [0.1, 0.15) is 6.10 Å². The third-order valence-electron chi connectivity index (χ3n) is 7.14. The molecular weight excluding hydrogens is 314 g/mol. The second kappa shape index (κ2) is 7.79. The van der Waals surface area contributed by atoms with Gasteiger partial charge in [-0.05, 0) is 31.7 Å². The normalized spacial score (nSPS) is 40.2. The molecule has 3 aliphatic rings. The van der Waals surface area contributed by atoms with Gasteiger partial charge in [-0.1, -0.05) is 51.7 Å². The number of aliphatic hydroxyl groups is 1. The number of unbranched alkanes of at least 4 members (excludes halogenated alkanes) is 3. The predicted molar refractivity (Wildman–Crippen MR) is 99.1 cm³/mol. The Balaban J connectivity index is 1.66. The zero-order valence-electron chi connectivity index (χ0n) is 16.1. The number of ether oxygens (including phenoxy) is 1. The minimum atomic E-state index is -0.494. The monoisotopic (exact) mass is 349 g/mol. The molecule has 1 saturated carbocycles. The lowest BCUT2D eigenvalue weighted by Crippen LogP contribution is -2.54. The van der Waals surface area contributed by atoms with Crippen LogP contribution in [0.2, 0.25) is 0 Å². The van der Waals surface area contributed by atoms with Crippen LogP contribution < -0.4 is 5.32 Å². The highest BCUT2D eigenvalue weighted by Gasteiger charge is 2.59. The number of esters is 1. The molecule has 0 radical (unpaired) electrons. The van der Waals surface area contributed by atoms with Crippen LogP contribution in [0.1, 0.15) is 65.7 Å². The first-order chi connectivity index (χ1) is 12.0. The third kappa shape index (κ3) is 3.40. The molecule has 0 bridgehead atoms. The molecule has 0 unspecified atom stereocenters. The van der Waals surface area contributed by atoms with Gasteiger partial charge in [-0.15, -0.1) is 0 Å². The fourth-order valence-electron chi connectivity index (χ4n) is 5.23. The predicted octanol–water partition coefficient (Wildman–Crippen LogP) is 3.44. The first-order valence-corrected chi connectivity index (χ1v) is 10.3. The highest BCUT2D eigenvalue weighted by Crippen LogP contribution is 2.55. The van der Waals surface area contributed by atoms with Gasteiger partial charge in [0.25, 0.3) is 0 Å². The van der Waals surface area contributed by atoms with Crippen molar-refractivity contribution in [1.82, 2.24) is 5.32 Å². The fraction of sp³-hybridized carbons (Fsp3) is 0.857. The van der Waals surface area contributed by atoms with Crippen LogP contribution in [0.5, 0.6) is 0 Å². The first kappa shape index (κ1) is 18.9. The summed E-state index contributed by atoms with van der Waals surface area (Å²) in [7, 11) is 0. The van der Waals surface area contributed by atoms with Gasteiger partial charge >= 0.3 is 5.97 Å². The lowest BCUT2D eigenvalue weighted by molar-refractivity contribution is -0.144. The van der Waals surface area contributed by atoms with E-state index in [-0.39, 0.29) is 29.3 Å². The highest BCUT2D eigenvalue weighted by molar-refractivity contribution is 5.76. The summed E-state index contributed by atoms with van der Waals surface area (Å²) in [6.07, 6.45) is 9.53. The third-order valence-corrected chi connectivity index (χ3v) is 7.14. The Morgan fingerprint density at radius 3 is 2.92 bits per heavy atom. The van der Waals surface area contributed by atoms with Crippen molar-refractivity contribution in [1.29, 1.82) is 0 Å². The van der Waals surface area contributed by atoms with Crippen LogP contribution in [0.3, 0.4) is 0 Å². The number of hydrogen-bond donors (Lipinski definition) is 2. The summed E-state index contributed by atoms with van der Waals surface area (Å²) in [5.41, 5.74) is 1.10. The average Bonchev–Trinajstić information content (AvgIpc) is 2.89. The van der Waals surface area contributed by atoms with E-state index in [0.29, 0.717) is 12.5 Å². The molecule has 1 saturated heterocycles. The summed E-state index contributed by atoms with van der Waals surface area (Å²) in [4.78, 5) is 12.5. The maximum Gasteiger partial charge on any atom is 0.311 e. The molecule has 0 spiro atoms. The summed E-state index contributed by atoms with van der Waals surface area (Å²) in [5, 5.41) is 14.7. The molecular formula is C21H35NO3. The van der Waals surface area contributed by atoms with Gasteiger partial charge in [-0.2, -0.15) is 0 Å². The zero-order chi connectivity index (χ0) is 18.0. The highest BCUT2D eigenvalue weighted by atomic mass is 16.6. The number of hydrogen-bond acceptors (Lipinski definition) is 4. The van der Waals surface area contributed by atoms with Gasteiger partial charge < -0.3 is 15.2 Å². The second-order valence-electron chi connectivity index (χ2n) is 8.56. The summed E-state index contributed by atoms with van der Waals surface area (Å²) in [6.45, 7) is 8.22. The Morgan fingerprint density at radius 1 is 1.36 bits per heavy atom. The second-order valence-corrected chi connectivity index (χ2v) is 8.56. The van der Waals surface area contributed by atoms with Gasteiger partial charge in [0.15, 0.2) is 0 Å². The smallest absolute Gasteiger partial charge is 0.311 e. The Labute approximate surface area is 152 Å². The van der Waals surface area contributed by atoms with Crippen molar-refractivity contribution in [2.75, 3.05) is 13.1 Å². The summed E-state index contributed by atoms with van der Waals surface area (Å²) in [6, 6.07) is 0. The largest absolute Gasteiger partial charge is 0.461 e. The molecule has 6 atom stereocenters. The van der Waals surface area contributed by atoms with E-state index in [4.69, 9.17) is 4.74 Å². The number of aliphatic hydroxyl groups excluding tert-OH is 1. The quantitative estimate of drug-likeness (QED) is 0.420. The first-order valence-electron chi connectivity index (χ1n) is 10.3. The molecule has 1 aliphatic heterocycles. The molecule has 3 rings (SSSR count). The fourth-order valence-corrected chi connectivity index (χ4v) is 5.23. The van der Waals surface area contributed by atoms with Gasteiger partial charge in [0.2, 0.25) is 0 Å². The lowest BCUT2D eigenvalue weighted by atomic mass is 9.55. The van der Waals surface area contributed by atoms with E-state index < -0.39 is 6.10 Å². The summed E-state index contributed by atoms with van der Waals surface area (Å²) in [5.74, 6) is 0.0458. The van der Waals surface area contributed by atoms with E-state index in [0.717, 1.165) is 32.2 Å². The molecule has 1 heterocycles. The van der Waals surface area contributed by atoms with Crippen molar-refractivity contribution in [3.8, 4) is 0 Å². The van der Waals surface area contributed by atoms with Crippen LogP contribution in [0.15, 0.2) is 11.6 Å². The Morgan fingerprint density at radius 2 is 2.16 bits per heavy atom. The Kier molecular flexibility index (Phi) is 5.89. The van der Waals surface area contributed by atoms with Crippen molar-refractivity contribution in [2.24, 2.45) is 23.2 Å². The lowest BCUT2D eigenvalue weighted by Gasteiger charge is -2.51. The van der Waals surface area contributed by atoms with Crippen LogP contribution in [0, 0.1) is 23.2 Å². The molecule has 2 fully saturated rings. The minimum absolute atomic E-state index is 0.0710.